The van der Waals surface area contributed by atoms with Crippen LogP contribution in [0, 0.1) is 0 Å². The fraction of sp³-hybridized carbons (Fsp3) is 0.222. The minimum absolute atomic E-state index is 0. The average molecular weight is 274 g/mol. The third-order valence-corrected chi connectivity index (χ3v) is 2.04. The number of nitrogens with zero attached hydrogens (tertiary/aromatic N) is 2. The van der Waals surface area contributed by atoms with Crippen LogP contribution in [0.3, 0.4) is 0 Å². The van der Waals surface area contributed by atoms with E-state index in [1.54, 1.807) is 0 Å². The van der Waals surface area contributed by atoms with Crippen molar-refractivity contribution in [2.45, 2.75) is 0 Å². The van der Waals surface area contributed by atoms with Crippen LogP contribution in [0.4, 0.5) is 0 Å². The van der Waals surface area contributed by atoms with Gasteiger partial charge in [-0.3, -0.25) is 0 Å². The molecule has 0 atom stereocenters. The van der Waals surface area contributed by atoms with Gasteiger partial charge in [-0.25, -0.2) is 0 Å². The largest absolute Gasteiger partial charge is 1.00 e. The molecule has 64 valence electrons. The molecule has 0 fully saturated rings. The number of halogens is 1. The Morgan fingerprint density at radius 1 is 1.33 bits per heavy atom. The molecule has 0 unspecified atom stereocenters. The Morgan fingerprint density at radius 3 is 2.75 bits per heavy atom. The first kappa shape index (κ1) is 9.51. The van der Waals surface area contributed by atoms with E-state index in [0.29, 0.717) is 0 Å². The maximum Gasteiger partial charge on any atom is 0.229 e. The number of aromatic nitrogens is 2. The van der Waals surface area contributed by atoms with Gasteiger partial charge in [-0.15, -0.1) is 0 Å². The second-order valence-corrected chi connectivity index (χ2v) is 2.82. The van der Waals surface area contributed by atoms with Crippen molar-refractivity contribution in [3.8, 4) is 11.4 Å². The summed E-state index contributed by atoms with van der Waals surface area (Å²) in [6, 6.07) is 6.30. The molecule has 12 heavy (non-hydrogen) atoms. The SMILES string of the molecule is Cn1cccc2[n+](C)ccc1-2.[I-]. The average Bonchev–Trinajstić information content (AvgIpc) is 2.35. The van der Waals surface area contributed by atoms with E-state index < -0.39 is 0 Å². The van der Waals surface area contributed by atoms with Crippen LogP contribution in [-0.4, -0.2) is 4.57 Å². The van der Waals surface area contributed by atoms with Gasteiger partial charge >= 0.3 is 0 Å². The van der Waals surface area contributed by atoms with Gasteiger partial charge in [-0.1, -0.05) is 0 Å². The minimum Gasteiger partial charge on any atom is -1.00 e. The molecule has 3 heteroatoms. The first-order chi connectivity index (χ1) is 5.29. The number of pyridine rings is 1. The van der Waals surface area contributed by atoms with E-state index >= 15 is 0 Å². The van der Waals surface area contributed by atoms with Crippen molar-refractivity contribution in [3.05, 3.63) is 30.6 Å². The lowest BCUT2D eigenvalue weighted by Crippen LogP contribution is -3.00. The summed E-state index contributed by atoms with van der Waals surface area (Å²) >= 11 is 0. The second-order valence-electron chi connectivity index (χ2n) is 2.82. The molecular weight excluding hydrogens is 263 g/mol. The van der Waals surface area contributed by atoms with Crippen molar-refractivity contribution >= 4 is 0 Å². The number of hydrogen-bond acceptors (Lipinski definition) is 0. The number of hydrogen-bond donors (Lipinski definition) is 0. The lowest BCUT2D eigenvalue weighted by Gasteiger charge is -2.01. The predicted molar refractivity (Wildman–Crippen MR) is 43.2 cm³/mol. The zero-order valence-electron chi connectivity index (χ0n) is 7.16. The van der Waals surface area contributed by atoms with Crippen LogP contribution in [0.1, 0.15) is 0 Å². The first-order valence-corrected chi connectivity index (χ1v) is 3.69. The maximum atomic E-state index is 2.12. The standard InChI is InChI=1S/C9H11N2.HI/c1-10-6-3-4-8-9(10)5-7-11(8)2;/h3-7H,1-2H3;1H/q+1;/p-1. The highest BCUT2D eigenvalue weighted by atomic mass is 127. The maximum absolute atomic E-state index is 2.12. The molecule has 0 saturated carbocycles. The molecule has 0 amide bonds. The summed E-state index contributed by atoms with van der Waals surface area (Å²) in [5.74, 6) is 0. The highest BCUT2D eigenvalue weighted by Crippen LogP contribution is 2.15. The topological polar surface area (TPSA) is 8.81 Å². The van der Waals surface area contributed by atoms with Crippen LogP contribution in [0.15, 0.2) is 30.6 Å². The Balaban J connectivity index is 0.000000720. The monoisotopic (exact) mass is 274 g/mol. The molecule has 0 bridgehead atoms. The third-order valence-electron chi connectivity index (χ3n) is 2.04. The summed E-state index contributed by atoms with van der Waals surface area (Å²) in [7, 11) is 4.12. The van der Waals surface area contributed by atoms with Crippen molar-refractivity contribution < 1.29 is 28.5 Å². The molecule has 0 radical (unpaired) electrons. The van der Waals surface area contributed by atoms with Gasteiger partial charge in [0.2, 0.25) is 5.69 Å². The fourth-order valence-corrected chi connectivity index (χ4v) is 1.37. The number of aryl methyl sites for hydroxylation is 2. The summed E-state index contributed by atoms with van der Waals surface area (Å²) in [6.07, 6.45) is 4.13. The van der Waals surface area contributed by atoms with E-state index in [2.05, 4.69) is 53.8 Å². The van der Waals surface area contributed by atoms with Crippen LogP contribution in [-0.2, 0) is 14.1 Å². The molecule has 2 nitrogen and oxygen atoms in total. The van der Waals surface area contributed by atoms with Crippen LogP contribution >= 0.6 is 0 Å². The van der Waals surface area contributed by atoms with Crippen molar-refractivity contribution in [3.63, 3.8) is 0 Å². The lowest BCUT2D eigenvalue weighted by atomic mass is 10.3. The van der Waals surface area contributed by atoms with Crippen molar-refractivity contribution in [2.75, 3.05) is 0 Å². The quantitative estimate of drug-likeness (QED) is 0.386. The Bertz CT molecular complexity index is 354. The Hall–Kier alpha value is -0.580. The van der Waals surface area contributed by atoms with Gasteiger partial charge in [0.05, 0.1) is 0 Å². The predicted octanol–water partition coefficient (Wildman–Crippen LogP) is -2.04. The van der Waals surface area contributed by atoms with Crippen LogP contribution in [0.5, 0.6) is 0 Å². The molecule has 0 aromatic rings. The lowest BCUT2D eigenvalue weighted by molar-refractivity contribution is -0.657. The molecule has 0 spiro atoms. The molecule has 0 aromatic carbocycles. The molecule has 0 N–H and O–H groups in total. The zero-order valence-corrected chi connectivity index (χ0v) is 9.32. The summed E-state index contributed by atoms with van der Waals surface area (Å²) in [6.45, 7) is 0. The first-order valence-electron chi connectivity index (χ1n) is 3.69. The molecular formula is C9H11IN2. The van der Waals surface area contributed by atoms with E-state index in [1.165, 1.54) is 11.4 Å². The van der Waals surface area contributed by atoms with Gasteiger partial charge in [-0.2, -0.15) is 4.57 Å². The van der Waals surface area contributed by atoms with E-state index in [9.17, 15) is 0 Å². The Labute approximate surface area is 89.2 Å². The van der Waals surface area contributed by atoms with Crippen LogP contribution in [0.2, 0.25) is 0 Å². The second kappa shape index (κ2) is 3.43. The molecule has 0 aromatic heterocycles. The van der Waals surface area contributed by atoms with Crippen molar-refractivity contribution in [2.24, 2.45) is 14.1 Å². The smallest absolute Gasteiger partial charge is 0.229 e. The Kier molecular flexibility index (Phi) is 2.72. The highest BCUT2D eigenvalue weighted by Gasteiger charge is 2.14. The van der Waals surface area contributed by atoms with Gasteiger partial charge in [0.15, 0.2) is 6.20 Å². The molecule has 0 saturated heterocycles. The third kappa shape index (κ3) is 1.33. The van der Waals surface area contributed by atoms with Crippen molar-refractivity contribution in [1.29, 1.82) is 0 Å². The summed E-state index contributed by atoms with van der Waals surface area (Å²) in [5.41, 5.74) is 2.55. The van der Waals surface area contributed by atoms with Gasteiger partial charge in [0, 0.05) is 25.4 Å². The van der Waals surface area contributed by atoms with E-state index in [4.69, 9.17) is 0 Å². The van der Waals surface area contributed by atoms with Crippen LogP contribution < -0.4 is 28.5 Å². The highest BCUT2D eigenvalue weighted by molar-refractivity contribution is 5.52. The number of rotatable bonds is 0. The molecule has 0 aliphatic carbocycles. The molecule has 2 aliphatic heterocycles. The van der Waals surface area contributed by atoms with Gasteiger partial charge < -0.3 is 28.5 Å². The van der Waals surface area contributed by atoms with Gasteiger partial charge in [0.25, 0.3) is 0 Å². The molecule has 2 aliphatic rings. The van der Waals surface area contributed by atoms with Gasteiger partial charge in [0.1, 0.15) is 12.7 Å². The summed E-state index contributed by atoms with van der Waals surface area (Å²) in [4.78, 5) is 0. The van der Waals surface area contributed by atoms with E-state index in [1.807, 2.05) is 0 Å². The molecule has 2 rings (SSSR count). The van der Waals surface area contributed by atoms with E-state index in [-0.39, 0.29) is 24.0 Å². The van der Waals surface area contributed by atoms with Gasteiger partial charge in [-0.05, 0) is 6.07 Å². The normalized spacial score (nSPS) is 9.83. The number of fused-ring (bicyclic) bond motifs is 1. The summed E-state index contributed by atoms with van der Waals surface area (Å²) < 4.78 is 4.24. The summed E-state index contributed by atoms with van der Waals surface area (Å²) in [5, 5.41) is 0. The Morgan fingerprint density at radius 2 is 2.08 bits per heavy atom. The fourth-order valence-electron chi connectivity index (χ4n) is 1.37. The zero-order chi connectivity index (χ0) is 7.84. The minimum atomic E-state index is 0. The molecule has 2 heterocycles. The van der Waals surface area contributed by atoms with Crippen LogP contribution in [0.25, 0.3) is 11.4 Å². The van der Waals surface area contributed by atoms with E-state index in [0.717, 1.165) is 0 Å². The van der Waals surface area contributed by atoms with Crippen molar-refractivity contribution in [1.82, 2.24) is 4.57 Å².